The van der Waals surface area contributed by atoms with Crippen LogP contribution in [0.3, 0.4) is 0 Å². The standard InChI is InChI=1S/C16H21ClFNO/c17-14-7-6-12(18)9-11(14)10-19-8-2-4-15(19)13-3-1-5-16(13)20/h6-7,9,13,15-16,20H,1-5,8,10H2. The third kappa shape index (κ3) is 2.85. The van der Waals surface area contributed by atoms with Crippen LogP contribution < -0.4 is 0 Å². The maximum Gasteiger partial charge on any atom is 0.123 e. The van der Waals surface area contributed by atoms with Gasteiger partial charge in [-0.3, -0.25) is 4.90 Å². The Morgan fingerprint density at radius 3 is 2.85 bits per heavy atom. The highest BCUT2D eigenvalue weighted by molar-refractivity contribution is 6.31. The van der Waals surface area contributed by atoms with Gasteiger partial charge in [-0.05, 0) is 56.0 Å². The summed E-state index contributed by atoms with van der Waals surface area (Å²) in [7, 11) is 0. The van der Waals surface area contributed by atoms with Gasteiger partial charge < -0.3 is 5.11 Å². The molecular weight excluding hydrogens is 277 g/mol. The molecule has 0 spiro atoms. The summed E-state index contributed by atoms with van der Waals surface area (Å²) in [4.78, 5) is 2.37. The molecule has 2 nitrogen and oxygen atoms in total. The van der Waals surface area contributed by atoms with Crippen molar-refractivity contribution in [2.75, 3.05) is 6.54 Å². The SMILES string of the molecule is OC1CCCC1C1CCCN1Cc1cc(F)ccc1Cl. The molecule has 1 N–H and O–H groups in total. The number of aliphatic hydroxyl groups is 1. The first-order valence-electron chi connectivity index (χ1n) is 7.51. The Morgan fingerprint density at radius 1 is 1.25 bits per heavy atom. The first kappa shape index (κ1) is 14.3. The predicted molar refractivity (Wildman–Crippen MR) is 78.2 cm³/mol. The Hall–Kier alpha value is -0.640. The highest BCUT2D eigenvalue weighted by Crippen LogP contribution is 2.36. The van der Waals surface area contributed by atoms with Crippen LogP contribution in [0.25, 0.3) is 0 Å². The van der Waals surface area contributed by atoms with Crippen molar-refractivity contribution in [3.05, 3.63) is 34.6 Å². The number of benzene rings is 1. The zero-order valence-electron chi connectivity index (χ0n) is 11.6. The lowest BCUT2D eigenvalue weighted by molar-refractivity contribution is 0.0718. The average molecular weight is 298 g/mol. The van der Waals surface area contributed by atoms with Crippen LogP contribution in [0.1, 0.15) is 37.7 Å². The third-order valence-electron chi connectivity index (χ3n) is 4.82. The van der Waals surface area contributed by atoms with Crippen molar-refractivity contribution in [1.82, 2.24) is 4.90 Å². The highest BCUT2D eigenvalue weighted by Gasteiger charge is 2.38. The van der Waals surface area contributed by atoms with Crippen LogP contribution in [0.15, 0.2) is 18.2 Å². The van der Waals surface area contributed by atoms with E-state index in [0.29, 0.717) is 23.5 Å². The molecule has 1 saturated carbocycles. The molecule has 1 aromatic carbocycles. The molecule has 1 aromatic rings. The number of aliphatic hydroxyl groups excluding tert-OH is 1. The molecule has 3 unspecified atom stereocenters. The summed E-state index contributed by atoms with van der Waals surface area (Å²) < 4.78 is 13.4. The molecule has 1 heterocycles. The first-order valence-corrected chi connectivity index (χ1v) is 7.89. The Bertz CT molecular complexity index is 482. The van der Waals surface area contributed by atoms with Crippen molar-refractivity contribution in [2.24, 2.45) is 5.92 Å². The largest absolute Gasteiger partial charge is 0.393 e. The Morgan fingerprint density at radius 2 is 2.10 bits per heavy atom. The van der Waals surface area contributed by atoms with E-state index in [1.54, 1.807) is 6.07 Å². The number of likely N-dealkylation sites (tertiary alicyclic amines) is 1. The highest BCUT2D eigenvalue weighted by atomic mass is 35.5. The van der Waals surface area contributed by atoms with E-state index < -0.39 is 0 Å². The number of rotatable bonds is 3. The molecule has 4 heteroatoms. The van der Waals surface area contributed by atoms with Gasteiger partial charge >= 0.3 is 0 Å². The summed E-state index contributed by atoms with van der Waals surface area (Å²) in [6.45, 7) is 1.70. The Kier molecular flexibility index (Phi) is 4.29. The minimum atomic E-state index is -0.235. The van der Waals surface area contributed by atoms with Gasteiger partial charge in [-0.1, -0.05) is 18.0 Å². The maximum atomic E-state index is 13.4. The van der Waals surface area contributed by atoms with Gasteiger partial charge in [-0.2, -0.15) is 0 Å². The van der Waals surface area contributed by atoms with Crippen molar-refractivity contribution < 1.29 is 9.50 Å². The molecular formula is C16H21ClFNO. The maximum absolute atomic E-state index is 13.4. The van der Waals surface area contributed by atoms with Gasteiger partial charge in [0.1, 0.15) is 5.82 Å². The lowest BCUT2D eigenvalue weighted by Gasteiger charge is -2.31. The molecule has 0 radical (unpaired) electrons. The molecule has 2 aliphatic rings. The topological polar surface area (TPSA) is 23.5 Å². The summed E-state index contributed by atoms with van der Waals surface area (Å²) in [5, 5.41) is 10.7. The second-order valence-corrected chi connectivity index (χ2v) is 6.49. The van der Waals surface area contributed by atoms with Crippen molar-refractivity contribution in [1.29, 1.82) is 0 Å². The number of hydrogen-bond donors (Lipinski definition) is 1. The zero-order chi connectivity index (χ0) is 14.1. The third-order valence-corrected chi connectivity index (χ3v) is 5.19. The fourth-order valence-electron chi connectivity index (χ4n) is 3.83. The van der Waals surface area contributed by atoms with Gasteiger partial charge in [0.05, 0.1) is 6.10 Å². The van der Waals surface area contributed by atoms with Crippen molar-refractivity contribution in [3.8, 4) is 0 Å². The van der Waals surface area contributed by atoms with Crippen LogP contribution in [0, 0.1) is 11.7 Å². The van der Waals surface area contributed by atoms with Gasteiger partial charge in [-0.25, -0.2) is 4.39 Å². The van der Waals surface area contributed by atoms with Gasteiger partial charge in [0.2, 0.25) is 0 Å². The van der Waals surface area contributed by atoms with E-state index in [2.05, 4.69) is 4.90 Å². The summed E-state index contributed by atoms with van der Waals surface area (Å²) in [5.41, 5.74) is 0.853. The molecule has 0 aromatic heterocycles. The van der Waals surface area contributed by atoms with Gasteiger partial charge in [0.25, 0.3) is 0 Å². The van der Waals surface area contributed by atoms with Crippen LogP contribution in [0.4, 0.5) is 4.39 Å². The van der Waals surface area contributed by atoms with Gasteiger partial charge in [0, 0.05) is 23.5 Å². The predicted octanol–water partition coefficient (Wildman–Crippen LogP) is 3.60. The molecule has 3 atom stereocenters. The molecule has 1 aliphatic heterocycles. The minimum Gasteiger partial charge on any atom is -0.393 e. The second kappa shape index (κ2) is 6.00. The Balaban J connectivity index is 1.74. The van der Waals surface area contributed by atoms with Crippen molar-refractivity contribution >= 4 is 11.6 Å². The normalized spacial score (nSPS) is 31.1. The molecule has 20 heavy (non-hydrogen) atoms. The van der Waals surface area contributed by atoms with E-state index >= 15 is 0 Å². The molecule has 0 bridgehead atoms. The smallest absolute Gasteiger partial charge is 0.123 e. The summed E-state index contributed by atoms with van der Waals surface area (Å²) in [5.74, 6) is 0.144. The molecule has 1 aliphatic carbocycles. The second-order valence-electron chi connectivity index (χ2n) is 6.08. The fraction of sp³-hybridized carbons (Fsp3) is 0.625. The van der Waals surface area contributed by atoms with E-state index in [1.807, 2.05) is 0 Å². The molecule has 0 amide bonds. The van der Waals surface area contributed by atoms with Crippen molar-refractivity contribution in [3.63, 3.8) is 0 Å². The monoisotopic (exact) mass is 297 g/mol. The van der Waals surface area contributed by atoms with Crippen LogP contribution in [0.2, 0.25) is 5.02 Å². The molecule has 1 saturated heterocycles. The summed E-state index contributed by atoms with van der Waals surface area (Å²) in [6.07, 6.45) is 5.28. The molecule has 3 rings (SSSR count). The lowest BCUT2D eigenvalue weighted by Crippen LogP contribution is -2.38. The number of halogens is 2. The van der Waals surface area contributed by atoms with E-state index in [1.165, 1.54) is 12.1 Å². The summed E-state index contributed by atoms with van der Waals surface area (Å²) >= 11 is 6.17. The number of nitrogens with zero attached hydrogens (tertiary/aromatic N) is 1. The first-order chi connectivity index (χ1) is 9.65. The van der Waals surface area contributed by atoms with E-state index in [9.17, 15) is 9.50 Å². The van der Waals surface area contributed by atoms with E-state index in [4.69, 9.17) is 11.6 Å². The Labute approximate surface area is 124 Å². The average Bonchev–Trinajstić information content (AvgIpc) is 3.02. The van der Waals surface area contributed by atoms with Crippen LogP contribution in [-0.2, 0) is 6.54 Å². The van der Waals surface area contributed by atoms with Gasteiger partial charge in [-0.15, -0.1) is 0 Å². The molecule has 110 valence electrons. The fourth-order valence-corrected chi connectivity index (χ4v) is 4.01. The number of hydrogen-bond acceptors (Lipinski definition) is 2. The summed E-state index contributed by atoms with van der Waals surface area (Å²) in [6, 6.07) is 4.98. The van der Waals surface area contributed by atoms with Gasteiger partial charge in [0.15, 0.2) is 0 Å². The van der Waals surface area contributed by atoms with E-state index in [0.717, 1.165) is 44.2 Å². The van der Waals surface area contributed by atoms with Crippen LogP contribution in [-0.4, -0.2) is 28.7 Å². The minimum absolute atomic E-state index is 0.163. The lowest BCUT2D eigenvalue weighted by atomic mass is 9.94. The van der Waals surface area contributed by atoms with E-state index in [-0.39, 0.29) is 11.9 Å². The zero-order valence-corrected chi connectivity index (χ0v) is 12.3. The van der Waals surface area contributed by atoms with Crippen molar-refractivity contribution in [2.45, 2.75) is 50.8 Å². The molecule has 2 fully saturated rings. The van der Waals surface area contributed by atoms with Crippen LogP contribution in [0.5, 0.6) is 0 Å². The van der Waals surface area contributed by atoms with Crippen LogP contribution >= 0.6 is 11.6 Å². The quantitative estimate of drug-likeness (QED) is 0.921.